The van der Waals surface area contributed by atoms with Crippen LogP contribution in [0.1, 0.15) is 37.6 Å². The Morgan fingerprint density at radius 3 is 2.29 bits per heavy atom. The van der Waals surface area contributed by atoms with Crippen LogP contribution in [0.3, 0.4) is 0 Å². The van der Waals surface area contributed by atoms with Crippen molar-refractivity contribution in [2.24, 2.45) is 0 Å². The van der Waals surface area contributed by atoms with Gasteiger partial charge in [-0.25, -0.2) is 4.79 Å². The first-order chi connectivity index (χ1) is 13.3. The zero-order chi connectivity index (χ0) is 20.6. The Balaban J connectivity index is 1.88. The van der Waals surface area contributed by atoms with Crippen molar-refractivity contribution in [3.05, 3.63) is 54.1 Å². The van der Waals surface area contributed by atoms with E-state index in [0.717, 1.165) is 11.1 Å². The molecule has 2 N–H and O–H groups in total. The summed E-state index contributed by atoms with van der Waals surface area (Å²) in [5, 5.41) is 5.53. The van der Waals surface area contributed by atoms with E-state index >= 15 is 0 Å². The molecule has 0 atom stereocenters. The van der Waals surface area contributed by atoms with Crippen LogP contribution in [-0.4, -0.2) is 37.8 Å². The summed E-state index contributed by atoms with van der Waals surface area (Å²) in [6, 6.07) is 15.1. The van der Waals surface area contributed by atoms with Gasteiger partial charge in [-0.2, -0.15) is 0 Å². The van der Waals surface area contributed by atoms with Gasteiger partial charge in [0.25, 0.3) is 5.91 Å². The van der Waals surface area contributed by atoms with Gasteiger partial charge in [-0.1, -0.05) is 30.3 Å². The highest BCUT2D eigenvalue weighted by atomic mass is 16.6. The average Bonchev–Trinajstić information content (AvgIpc) is 2.66. The van der Waals surface area contributed by atoms with E-state index in [-0.39, 0.29) is 5.91 Å². The van der Waals surface area contributed by atoms with Gasteiger partial charge in [0.2, 0.25) is 0 Å². The maximum absolute atomic E-state index is 12.4. The smallest absolute Gasteiger partial charge is 0.407 e. The van der Waals surface area contributed by atoms with Crippen LogP contribution < -0.4 is 15.4 Å². The Morgan fingerprint density at radius 1 is 0.964 bits per heavy atom. The highest BCUT2D eigenvalue weighted by Gasteiger charge is 2.15. The van der Waals surface area contributed by atoms with Crippen molar-refractivity contribution >= 4 is 12.0 Å². The predicted molar refractivity (Wildman–Crippen MR) is 110 cm³/mol. The summed E-state index contributed by atoms with van der Waals surface area (Å²) in [7, 11) is 1.61. The van der Waals surface area contributed by atoms with Crippen molar-refractivity contribution in [1.29, 1.82) is 0 Å². The SMILES string of the molecule is COc1ccc(C(=O)NCCCNC(=O)OC(C)(C)C)cc1-c1ccccc1. The molecule has 2 aromatic carbocycles. The summed E-state index contributed by atoms with van der Waals surface area (Å²) in [6.07, 6.45) is 0.147. The number of carbonyl (C=O) groups is 2. The third kappa shape index (κ3) is 6.61. The number of methoxy groups -OCH3 is 1. The first-order valence-electron chi connectivity index (χ1n) is 9.28. The van der Waals surface area contributed by atoms with Gasteiger partial charge in [-0.05, 0) is 51.0 Å². The van der Waals surface area contributed by atoms with Gasteiger partial charge in [-0.3, -0.25) is 4.79 Å². The molecule has 0 aliphatic heterocycles. The molecule has 0 aromatic heterocycles. The second kappa shape index (κ2) is 9.78. The first kappa shape index (κ1) is 21.3. The van der Waals surface area contributed by atoms with Crippen molar-refractivity contribution in [3.8, 4) is 16.9 Å². The molecule has 0 saturated heterocycles. The van der Waals surface area contributed by atoms with Crippen LogP contribution in [0.5, 0.6) is 5.75 Å². The molecule has 6 heteroatoms. The van der Waals surface area contributed by atoms with E-state index in [4.69, 9.17) is 9.47 Å². The fourth-order valence-electron chi connectivity index (χ4n) is 2.59. The number of ether oxygens (including phenoxy) is 2. The van der Waals surface area contributed by atoms with Crippen LogP contribution in [0.4, 0.5) is 4.79 Å². The molecule has 0 aliphatic carbocycles. The van der Waals surface area contributed by atoms with Crippen LogP contribution >= 0.6 is 0 Å². The van der Waals surface area contributed by atoms with Crippen molar-refractivity contribution in [3.63, 3.8) is 0 Å². The third-order valence-corrected chi connectivity index (χ3v) is 3.85. The number of amides is 2. The molecular formula is C22H28N2O4. The Hall–Kier alpha value is -3.02. The number of rotatable bonds is 7. The fraction of sp³-hybridized carbons (Fsp3) is 0.364. The molecule has 2 aromatic rings. The molecule has 0 spiro atoms. The lowest BCUT2D eigenvalue weighted by Crippen LogP contribution is -2.34. The number of alkyl carbamates (subject to hydrolysis) is 1. The molecule has 0 radical (unpaired) electrons. The van der Waals surface area contributed by atoms with Crippen LogP contribution in [-0.2, 0) is 4.74 Å². The normalized spacial score (nSPS) is 10.9. The van der Waals surface area contributed by atoms with Crippen molar-refractivity contribution < 1.29 is 19.1 Å². The average molecular weight is 384 g/mol. The van der Waals surface area contributed by atoms with Gasteiger partial charge in [0.05, 0.1) is 7.11 Å². The lowest BCUT2D eigenvalue weighted by atomic mass is 10.0. The maximum Gasteiger partial charge on any atom is 0.407 e. The Kier molecular flexibility index (Phi) is 7.44. The van der Waals surface area contributed by atoms with E-state index in [1.54, 1.807) is 19.2 Å². The van der Waals surface area contributed by atoms with Gasteiger partial charge in [-0.15, -0.1) is 0 Å². The molecule has 0 saturated carbocycles. The van der Waals surface area contributed by atoms with Crippen LogP contribution in [0, 0.1) is 0 Å². The molecule has 0 heterocycles. The Morgan fingerprint density at radius 2 is 1.64 bits per heavy atom. The van der Waals surface area contributed by atoms with E-state index in [9.17, 15) is 9.59 Å². The minimum atomic E-state index is -0.525. The van der Waals surface area contributed by atoms with Crippen LogP contribution in [0.25, 0.3) is 11.1 Å². The lowest BCUT2D eigenvalue weighted by molar-refractivity contribution is 0.0527. The van der Waals surface area contributed by atoms with Gasteiger partial charge in [0.15, 0.2) is 0 Å². The number of benzene rings is 2. The molecule has 0 aliphatic rings. The minimum Gasteiger partial charge on any atom is -0.496 e. The number of hydrogen-bond donors (Lipinski definition) is 2. The molecule has 2 amide bonds. The maximum atomic E-state index is 12.4. The summed E-state index contributed by atoms with van der Waals surface area (Å²) in [4.78, 5) is 24.0. The highest BCUT2D eigenvalue weighted by Crippen LogP contribution is 2.30. The number of hydrogen-bond acceptors (Lipinski definition) is 4. The molecule has 6 nitrogen and oxygen atoms in total. The predicted octanol–water partition coefficient (Wildman–Crippen LogP) is 4.01. The van der Waals surface area contributed by atoms with E-state index in [1.807, 2.05) is 57.2 Å². The largest absolute Gasteiger partial charge is 0.496 e. The standard InChI is InChI=1S/C22H28N2O4/c1-22(2,3)28-21(26)24-14-8-13-23-20(25)17-11-12-19(27-4)18(15-17)16-9-6-5-7-10-16/h5-7,9-12,15H,8,13-14H2,1-4H3,(H,23,25)(H,24,26). The fourth-order valence-corrected chi connectivity index (χ4v) is 2.59. The molecule has 0 bridgehead atoms. The van der Waals surface area contributed by atoms with Gasteiger partial charge in [0.1, 0.15) is 11.4 Å². The summed E-state index contributed by atoms with van der Waals surface area (Å²) in [5.74, 6) is 0.543. The first-order valence-corrected chi connectivity index (χ1v) is 9.28. The minimum absolute atomic E-state index is 0.169. The summed E-state index contributed by atoms with van der Waals surface area (Å²) in [6.45, 7) is 6.30. The van der Waals surface area contributed by atoms with E-state index < -0.39 is 11.7 Å². The molecule has 150 valence electrons. The van der Waals surface area contributed by atoms with Gasteiger partial charge >= 0.3 is 6.09 Å². The topological polar surface area (TPSA) is 76.7 Å². The van der Waals surface area contributed by atoms with Crippen LogP contribution in [0.2, 0.25) is 0 Å². The second-order valence-electron chi connectivity index (χ2n) is 7.32. The second-order valence-corrected chi connectivity index (χ2v) is 7.32. The molecule has 0 fully saturated rings. The molecule has 0 unspecified atom stereocenters. The molecule has 2 rings (SSSR count). The Bertz CT molecular complexity index is 798. The highest BCUT2D eigenvalue weighted by molar-refractivity contribution is 5.96. The summed E-state index contributed by atoms with van der Waals surface area (Å²) in [5.41, 5.74) is 1.88. The lowest BCUT2D eigenvalue weighted by Gasteiger charge is -2.19. The zero-order valence-corrected chi connectivity index (χ0v) is 16.9. The van der Waals surface area contributed by atoms with Crippen LogP contribution in [0.15, 0.2) is 48.5 Å². The van der Waals surface area contributed by atoms with E-state index in [2.05, 4.69) is 10.6 Å². The summed E-state index contributed by atoms with van der Waals surface area (Å²) >= 11 is 0. The van der Waals surface area contributed by atoms with Gasteiger partial charge < -0.3 is 20.1 Å². The summed E-state index contributed by atoms with van der Waals surface area (Å²) < 4.78 is 10.6. The zero-order valence-electron chi connectivity index (χ0n) is 16.9. The molecular weight excluding hydrogens is 356 g/mol. The number of carbonyl (C=O) groups excluding carboxylic acids is 2. The monoisotopic (exact) mass is 384 g/mol. The Labute approximate surface area is 166 Å². The molecule has 28 heavy (non-hydrogen) atoms. The van der Waals surface area contributed by atoms with Crippen molar-refractivity contribution in [2.75, 3.05) is 20.2 Å². The van der Waals surface area contributed by atoms with Gasteiger partial charge in [0, 0.05) is 24.2 Å². The van der Waals surface area contributed by atoms with Crippen molar-refractivity contribution in [2.45, 2.75) is 32.8 Å². The van der Waals surface area contributed by atoms with E-state index in [0.29, 0.717) is 30.8 Å². The van der Waals surface area contributed by atoms with Crippen molar-refractivity contribution in [1.82, 2.24) is 10.6 Å². The third-order valence-electron chi connectivity index (χ3n) is 3.85. The van der Waals surface area contributed by atoms with E-state index in [1.165, 1.54) is 0 Å². The number of nitrogens with one attached hydrogen (secondary N) is 2. The quantitative estimate of drug-likeness (QED) is 0.707.